The molecule has 0 saturated heterocycles. The molecular formula is C42H85NO7P+. The smallest absolute Gasteiger partial charge is 0.457 e. The van der Waals surface area contributed by atoms with Crippen LogP contribution in [0, 0.1) is 0 Å². The molecule has 0 bridgehead atoms. The third kappa shape index (κ3) is 40.3. The van der Waals surface area contributed by atoms with E-state index >= 15 is 0 Å². The van der Waals surface area contributed by atoms with Gasteiger partial charge in [0.15, 0.2) is 0 Å². The number of phosphoric acid groups is 1. The number of esters is 1. The highest BCUT2D eigenvalue weighted by molar-refractivity contribution is 7.47. The summed E-state index contributed by atoms with van der Waals surface area (Å²) in [5.41, 5.74) is 0. The molecule has 0 aliphatic heterocycles. The first kappa shape index (κ1) is 50.2. The Morgan fingerprint density at radius 3 is 1.49 bits per heavy atom. The molecule has 0 rings (SSSR count). The summed E-state index contributed by atoms with van der Waals surface area (Å²) in [7, 11) is 1.67. The predicted octanol–water partition coefficient (Wildman–Crippen LogP) is 12.3. The van der Waals surface area contributed by atoms with Gasteiger partial charge in [-0.3, -0.25) is 13.8 Å². The maximum absolute atomic E-state index is 12.6. The summed E-state index contributed by atoms with van der Waals surface area (Å²) in [4.78, 5) is 22.7. The maximum atomic E-state index is 12.6. The monoisotopic (exact) mass is 747 g/mol. The van der Waals surface area contributed by atoms with Crippen LogP contribution in [0.2, 0.25) is 0 Å². The Labute approximate surface area is 316 Å². The van der Waals surface area contributed by atoms with Crippen molar-refractivity contribution in [2.24, 2.45) is 0 Å². The molecule has 0 aliphatic carbocycles. The highest BCUT2D eigenvalue weighted by Crippen LogP contribution is 2.43. The normalized spacial score (nSPS) is 13.9. The molecule has 2 atom stereocenters. The lowest BCUT2D eigenvalue weighted by molar-refractivity contribution is -0.870. The van der Waals surface area contributed by atoms with Crippen molar-refractivity contribution in [1.82, 2.24) is 0 Å². The number of nitrogens with zero attached hydrogens (tertiary/aromatic N) is 1. The average Bonchev–Trinajstić information content (AvgIpc) is 3.08. The molecule has 0 spiro atoms. The summed E-state index contributed by atoms with van der Waals surface area (Å²) in [5, 5.41) is 0. The molecular weight excluding hydrogens is 661 g/mol. The van der Waals surface area contributed by atoms with E-state index in [0.717, 1.165) is 32.1 Å². The van der Waals surface area contributed by atoms with Crippen molar-refractivity contribution in [3.05, 3.63) is 12.2 Å². The van der Waals surface area contributed by atoms with Crippen LogP contribution < -0.4 is 0 Å². The van der Waals surface area contributed by atoms with Crippen LogP contribution in [0.3, 0.4) is 0 Å². The number of likely N-dealkylation sites (N-methyl/N-ethyl adjacent to an activating group) is 1. The fraction of sp³-hybridized carbons (Fsp3) is 0.929. The van der Waals surface area contributed by atoms with E-state index in [9.17, 15) is 14.3 Å². The Morgan fingerprint density at radius 2 is 1.02 bits per heavy atom. The number of ether oxygens (including phenoxy) is 2. The van der Waals surface area contributed by atoms with Crippen LogP contribution in [0.4, 0.5) is 0 Å². The molecule has 0 aliphatic rings. The van der Waals surface area contributed by atoms with Crippen molar-refractivity contribution >= 4 is 13.8 Å². The van der Waals surface area contributed by atoms with Gasteiger partial charge >= 0.3 is 13.8 Å². The van der Waals surface area contributed by atoms with Crippen LogP contribution >= 0.6 is 7.82 Å². The average molecular weight is 747 g/mol. The van der Waals surface area contributed by atoms with Gasteiger partial charge < -0.3 is 18.9 Å². The van der Waals surface area contributed by atoms with Crippen molar-refractivity contribution in [2.45, 2.75) is 200 Å². The Bertz CT molecular complexity index is 833. The zero-order chi connectivity index (χ0) is 37.7. The van der Waals surface area contributed by atoms with Gasteiger partial charge in [0, 0.05) is 13.0 Å². The second kappa shape index (κ2) is 36.2. The molecule has 0 fully saturated rings. The van der Waals surface area contributed by atoms with Crippen LogP contribution in [0.25, 0.3) is 0 Å². The van der Waals surface area contributed by atoms with E-state index in [1.807, 2.05) is 21.1 Å². The molecule has 0 heterocycles. The molecule has 9 heteroatoms. The third-order valence-electron chi connectivity index (χ3n) is 9.33. The number of hydrogen-bond acceptors (Lipinski definition) is 6. The van der Waals surface area contributed by atoms with E-state index in [4.69, 9.17) is 18.5 Å². The number of unbranched alkanes of at least 4 members (excludes halogenated alkanes) is 24. The third-order valence-corrected chi connectivity index (χ3v) is 10.3. The molecule has 0 saturated carbocycles. The van der Waals surface area contributed by atoms with E-state index in [2.05, 4.69) is 26.0 Å². The standard InChI is InChI=1S/C42H84NO7P/c1-6-8-10-12-14-15-16-17-18-19-20-21-22-23-24-25-26-27-28-29-30-31-33-35-42(44)50-41(39-47-37-34-32-13-11-9-7-2)40-49-51(45,46)48-38-36-43(3,4)5/h19-20,41H,6-18,21-40H2,1-5H3/p+1/b20-19-. The van der Waals surface area contributed by atoms with E-state index in [1.54, 1.807) is 0 Å². The van der Waals surface area contributed by atoms with Crippen molar-refractivity contribution in [2.75, 3.05) is 54.1 Å². The number of allylic oxidation sites excluding steroid dienone is 2. The lowest BCUT2D eigenvalue weighted by atomic mass is 10.0. The van der Waals surface area contributed by atoms with Crippen LogP contribution in [-0.4, -0.2) is 75.6 Å². The molecule has 51 heavy (non-hydrogen) atoms. The summed E-state index contributed by atoms with van der Waals surface area (Å²) in [5.74, 6) is -0.315. The molecule has 8 nitrogen and oxygen atoms in total. The van der Waals surface area contributed by atoms with Gasteiger partial charge in [-0.25, -0.2) is 4.57 Å². The number of rotatable bonds is 40. The van der Waals surface area contributed by atoms with Crippen molar-refractivity contribution in [3.63, 3.8) is 0 Å². The molecule has 304 valence electrons. The van der Waals surface area contributed by atoms with Gasteiger partial charge in [-0.2, -0.15) is 0 Å². The number of phosphoric ester groups is 1. The zero-order valence-electron chi connectivity index (χ0n) is 34.4. The molecule has 0 aromatic rings. The number of carbonyl (C=O) groups is 1. The second-order valence-electron chi connectivity index (χ2n) is 15.7. The minimum atomic E-state index is -4.26. The summed E-state index contributed by atoms with van der Waals surface area (Å²) in [6.07, 6.45) is 38.4. The van der Waals surface area contributed by atoms with Gasteiger partial charge in [-0.15, -0.1) is 0 Å². The van der Waals surface area contributed by atoms with Gasteiger partial charge in [0.2, 0.25) is 0 Å². The SMILES string of the molecule is CCCCCCCCCC/C=C\CCCCCCCCCCCCCC(=O)OC(COCCCCCCCC)COP(=O)(O)OCC[N+](C)(C)C. The van der Waals surface area contributed by atoms with Crippen LogP contribution in [0.1, 0.15) is 194 Å². The molecule has 0 amide bonds. The second-order valence-corrected chi connectivity index (χ2v) is 17.2. The van der Waals surface area contributed by atoms with Gasteiger partial charge in [0.25, 0.3) is 0 Å². The van der Waals surface area contributed by atoms with Crippen molar-refractivity contribution < 1.29 is 37.3 Å². The van der Waals surface area contributed by atoms with Crippen LogP contribution in [0.5, 0.6) is 0 Å². The van der Waals surface area contributed by atoms with E-state index in [1.165, 1.54) is 141 Å². The number of carbonyl (C=O) groups excluding carboxylic acids is 1. The van der Waals surface area contributed by atoms with Gasteiger partial charge in [0.1, 0.15) is 19.3 Å². The summed E-state index contributed by atoms with van der Waals surface area (Å²) in [6, 6.07) is 0. The minimum absolute atomic E-state index is 0.0911. The van der Waals surface area contributed by atoms with Crippen LogP contribution in [0.15, 0.2) is 12.2 Å². The fourth-order valence-corrected chi connectivity index (χ4v) is 6.70. The Kier molecular flexibility index (Phi) is 35.7. The first-order valence-corrected chi connectivity index (χ1v) is 22.9. The zero-order valence-corrected chi connectivity index (χ0v) is 35.3. The van der Waals surface area contributed by atoms with Crippen LogP contribution in [-0.2, 0) is 27.9 Å². The van der Waals surface area contributed by atoms with Gasteiger partial charge in [0.05, 0.1) is 34.4 Å². The van der Waals surface area contributed by atoms with Crippen molar-refractivity contribution in [3.8, 4) is 0 Å². The van der Waals surface area contributed by atoms with Crippen molar-refractivity contribution in [1.29, 1.82) is 0 Å². The number of hydrogen-bond donors (Lipinski definition) is 1. The lowest BCUT2D eigenvalue weighted by Crippen LogP contribution is -2.37. The topological polar surface area (TPSA) is 91.3 Å². The molecule has 0 radical (unpaired) electrons. The molecule has 1 N–H and O–H groups in total. The Balaban J connectivity index is 3.98. The molecule has 0 aromatic heterocycles. The highest BCUT2D eigenvalue weighted by atomic mass is 31.2. The maximum Gasteiger partial charge on any atom is 0.472 e. The summed E-state index contributed by atoms with van der Waals surface area (Å²) in [6.45, 7) is 5.60. The highest BCUT2D eigenvalue weighted by Gasteiger charge is 2.26. The Hall–Kier alpha value is -0.760. The lowest BCUT2D eigenvalue weighted by Gasteiger charge is -2.24. The largest absolute Gasteiger partial charge is 0.472 e. The Morgan fingerprint density at radius 1 is 0.588 bits per heavy atom. The molecule has 0 aromatic carbocycles. The fourth-order valence-electron chi connectivity index (χ4n) is 5.96. The van der Waals surface area contributed by atoms with E-state index in [-0.39, 0.29) is 25.8 Å². The number of quaternary nitrogens is 1. The van der Waals surface area contributed by atoms with E-state index in [0.29, 0.717) is 24.1 Å². The van der Waals surface area contributed by atoms with Gasteiger partial charge in [-0.1, -0.05) is 161 Å². The first-order valence-electron chi connectivity index (χ1n) is 21.4. The van der Waals surface area contributed by atoms with E-state index < -0.39 is 13.9 Å². The molecule has 2 unspecified atom stereocenters. The quantitative estimate of drug-likeness (QED) is 0.0219. The first-order chi connectivity index (χ1) is 24.6. The summed E-state index contributed by atoms with van der Waals surface area (Å²) >= 11 is 0. The minimum Gasteiger partial charge on any atom is -0.457 e. The predicted molar refractivity (Wildman–Crippen MR) is 215 cm³/mol. The summed E-state index contributed by atoms with van der Waals surface area (Å²) < 4.78 is 34.7. The van der Waals surface area contributed by atoms with Gasteiger partial charge in [-0.05, 0) is 38.5 Å².